The minimum atomic E-state index is 0.273. The van der Waals surface area contributed by atoms with Gasteiger partial charge in [0.2, 0.25) is 0 Å². The zero-order chi connectivity index (χ0) is 15.4. The average Bonchev–Trinajstić information content (AvgIpc) is 3.06. The molecule has 22 heavy (non-hydrogen) atoms. The van der Waals surface area contributed by atoms with Crippen LogP contribution in [-0.2, 0) is 6.54 Å². The molecule has 0 saturated carbocycles. The van der Waals surface area contributed by atoms with Crippen molar-refractivity contribution in [1.29, 1.82) is 0 Å². The van der Waals surface area contributed by atoms with Gasteiger partial charge < -0.3 is 15.0 Å². The number of guanidine groups is 1. The number of methoxy groups -OCH3 is 1. The molecule has 0 amide bonds. The Hall–Kier alpha value is -2.49. The van der Waals surface area contributed by atoms with E-state index >= 15 is 0 Å². The molecule has 0 aliphatic carbocycles. The van der Waals surface area contributed by atoms with Gasteiger partial charge in [0.25, 0.3) is 0 Å². The Kier molecular flexibility index (Phi) is 4.28. The highest BCUT2D eigenvalue weighted by Gasteiger charge is 2.21. The standard InChI is InChI=1S/C18H21N3O/c1-21(13-14-8-10-16(22-2)11-9-14)18-19-12-17(20-18)15-6-4-3-5-7-15/h3-11,17H,12-13H2,1-2H3,(H,19,20). The van der Waals surface area contributed by atoms with E-state index in [1.807, 2.05) is 18.2 Å². The van der Waals surface area contributed by atoms with Crippen LogP contribution in [0.3, 0.4) is 0 Å². The van der Waals surface area contributed by atoms with Gasteiger partial charge in [-0.3, -0.25) is 4.99 Å². The molecule has 1 atom stereocenters. The molecule has 4 nitrogen and oxygen atoms in total. The minimum Gasteiger partial charge on any atom is -0.497 e. The van der Waals surface area contributed by atoms with Crippen LogP contribution in [0.1, 0.15) is 17.2 Å². The fraction of sp³-hybridized carbons (Fsp3) is 0.278. The van der Waals surface area contributed by atoms with Crippen molar-refractivity contribution >= 4 is 5.96 Å². The molecule has 0 radical (unpaired) electrons. The second kappa shape index (κ2) is 6.52. The number of hydrogen-bond donors (Lipinski definition) is 1. The summed E-state index contributed by atoms with van der Waals surface area (Å²) in [5.74, 6) is 1.83. The topological polar surface area (TPSA) is 36.9 Å². The Morgan fingerprint density at radius 2 is 1.86 bits per heavy atom. The van der Waals surface area contributed by atoms with Crippen LogP contribution in [0.2, 0.25) is 0 Å². The first kappa shape index (κ1) is 14.4. The van der Waals surface area contributed by atoms with Crippen molar-refractivity contribution < 1.29 is 4.74 Å². The van der Waals surface area contributed by atoms with Crippen molar-refractivity contribution in [3.63, 3.8) is 0 Å². The van der Waals surface area contributed by atoms with Gasteiger partial charge in [0.15, 0.2) is 5.96 Å². The lowest BCUT2D eigenvalue weighted by atomic mass is 10.1. The second-order valence-corrected chi connectivity index (χ2v) is 5.48. The third kappa shape index (κ3) is 3.22. The molecule has 0 spiro atoms. The van der Waals surface area contributed by atoms with Gasteiger partial charge in [-0.15, -0.1) is 0 Å². The van der Waals surface area contributed by atoms with Gasteiger partial charge in [0.1, 0.15) is 5.75 Å². The van der Waals surface area contributed by atoms with Crippen LogP contribution in [0.5, 0.6) is 5.75 Å². The fourth-order valence-corrected chi connectivity index (χ4v) is 2.61. The van der Waals surface area contributed by atoms with E-state index in [1.165, 1.54) is 11.1 Å². The van der Waals surface area contributed by atoms with Crippen molar-refractivity contribution in [3.8, 4) is 5.75 Å². The molecular formula is C18H21N3O. The van der Waals surface area contributed by atoms with E-state index in [0.29, 0.717) is 0 Å². The molecule has 2 aromatic rings. The molecule has 1 aliphatic heterocycles. The van der Waals surface area contributed by atoms with Crippen LogP contribution in [0, 0.1) is 0 Å². The fourth-order valence-electron chi connectivity index (χ4n) is 2.61. The number of nitrogens with one attached hydrogen (secondary N) is 1. The van der Waals surface area contributed by atoms with E-state index in [-0.39, 0.29) is 6.04 Å². The minimum absolute atomic E-state index is 0.273. The summed E-state index contributed by atoms with van der Waals surface area (Å²) in [6.45, 7) is 1.60. The third-order valence-electron chi connectivity index (χ3n) is 3.87. The van der Waals surface area contributed by atoms with Crippen LogP contribution in [0.15, 0.2) is 59.6 Å². The molecule has 0 bridgehead atoms. The zero-order valence-corrected chi connectivity index (χ0v) is 13.0. The summed E-state index contributed by atoms with van der Waals surface area (Å²) in [6, 6.07) is 18.9. The van der Waals surface area contributed by atoms with Gasteiger partial charge in [0, 0.05) is 13.6 Å². The highest BCUT2D eigenvalue weighted by Crippen LogP contribution is 2.18. The maximum Gasteiger partial charge on any atom is 0.194 e. The first-order valence-corrected chi connectivity index (χ1v) is 7.46. The molecule has 1 unspecified atom stereocenters. The quantitative estimate of drug-likeness (QED) is 0.942. The summed E-state index contributed by atoms with van der Waals surface area (Å²) < 4.78 is 5.19. The number of benzene rings is 2. The molecule has 4 heteroatoms. The molecule has 1 heterocycles. The number of aliphatic imine (C=N–C) groups is 1. The first-order valence-electron chi connectivity index (χ1n) is 7.46. The number of ether oxygens (including phenoxy) is 1. The SMILES string of the molecule is COc1ccc(CN(C)C2=NCC(c3ccccc3)N2)cc1. The maximum atomic E-state index is 5.19. The summed E-state index contributed by atoms with van der Waals surface area (Å²) in [5, 5.41) is 3.50. The summed E-state index contributed by atoms with van der Waals surface area (Å²) in [5.41, 5.74) is 2.51. The Morgan fingerprint density at radius 3 is 2.55 bits per heavy atom. The molecule has 0 fully saturated rings. The highest BCUT2D eigenvalue weighted by molar-refractivity contribution is 5.82. The predicted molar refractivity (Wildman–Crippen MR) is 89.1 cm³/mol. The smallest absolute Gasteiger partial charge is 0.194 e. The normalized spacial score (nSPS) is 16.8. The third-order valence-corrected chi connectivity index (χ3v) is 3.87. The van der Waals surface area contributed by atoms with Crippen molar-refractivity contribution in [3.05, 3.63) is 65.7 Å². The lowest BCUT2D eigenvalue weighted by Gasteiger charge is -2.21. The van der Waals surface area contributed by atoms with Crippen LogP contribution >= 0.6 is 0 Å². The van der Waals surface area contributed by atoms with Gasteiger partial charge >= 0.3 is 0 Å². The first-order chi connectivity index (χ1) is 10.8. The van der Waals surface area contributed by atoms with Crippen molar-refractivity contribution in [2.45, 2.75) is 12.6 Å². The summed E-state index contributed by atoms with van der Waals surface area (Å²) in [7, 11) is 3.74. The largest absolute Gasteiger partial charge is 0.497 e. The van der Waals surface area contributed by atoms with E-state index in [0.717, 1.165) is 24.8 Å². The molecule has 3 rings (SSSR count). The van der Waals surface area contributed by atoms with Gasteiger partial charge in [0.05, 0.1) is 19.7 Å². The molecule has 0 aromatic heterocycles. The Labute approximate surface area is 131 Å². The Morgan fingerprint density at radius 1 is 1.14 bits per heavy atom. The van der Waals surface area contributed by atoms with Gasteiger partial charge in [-0.1, -0.05) is 42.5 Å². The number of rotatable bonds is 4. The van der Waals surface area contributed by atoms with Crippen molar-refractivity contribution in [1.82, 2.24) is 10.2 Å². The Balaban J connectivity index is 1.60. The van der Waals surface area contributed by atoms with E-state index < -0.39 is 0 Å². The van der Waals surface area contributed by atoms with Crippen LogP contribution in [-0.4, -0.2) is 31.6 Å². The summed E-state index contributed by atoms with van der Waals surface area (Å²) >= 11 is 0. The number of hydrogen-bond acceptors (Lipinski definition) is 4. The molecule has 1 N–H and O–H groups in total. The molecule has 0 saturated heterocycles. The van der Waals surface area contributed by atoms with Crippen LogP contribution in [0.4, 0.5) is 0 Å². The molecule has 114 valence electrons. The van der Waals surface area contributed by atoms with E-state index in [2.05, 4.69) is 58.7 Å². The summed E-state index contributed by atoms with van der Waals surface area (Å²) in [4.78, 5) is 6.77. The van der Waals surface area contributed by atoms with E-state index in [9.17, 15) is 0 Å². The van der Waals surface area contributed by atoms with E-state index in [4.69, 9.17) is 4.74 Å². The predicted octanol–water partition coefficient (Wildman–Crippen LogP) is 2.83. The highest BCUT2D eigenvalue weighted by atomic mass is 16.5. The van der Waals surface area contributed by atoms with Gasteiger partial charge in [-0.25, -0.2) is 0 Å². The second-order valence-electron chi connectivity index (χ2n) is 5.48. The Bertz CT molecular complexity index is 637. The molecule has 2 aromatic carbocycles. The zero-order valence-electron chi connectivity index (χ0n) is 13.0. The van der Waals surface area contributed by atoms with Crippen LogP contribution < -0.4 is 10.1 Å². The monoisotopic (exact) mass is 295 g/mol. The van der Waals surface area contributed by atoms with Gasteiger partial charge in [-0.05, 0) is 23.3 Å². The van der Waals surface area contributed by atoms with Gasteiger partial charge in [-0.2, -0.15) is 0 Å². The molecule has 1 aliphatic rings. The summed E-state index contributed by atoms with van der Waals surface area (Å²) in [6.07, 6.45) is 0. The number of nitrogens with zero attached hydrogens (tertiary/aromatic N) is 2. The van der Waals surface area contributed by atoms with Crippen LogP contribution in [0.25, 0.3) is 0 Å². The molecular weight excluding hydrogens is 274 g/mol. The lowest BCUT2D eigenvalue weighted by Crippen LogP contribution is -2.36. The lowest BCUT2D eigenvalue weighted by molar-refractivity contribution is 0.414. The van der Waals surface area contributed by atoms with E-state index in [1.54, 1.807) is 7.11 Å². The van der Waals surface area contributed by atoms with Crippen molar-refractivity contribution in [2.75, 3.05) is 20.7 Å². The maximum absolute atomic E-state index is 5.19. The van der Waals surface area contributed by atoms with Crippen molar-refractivity contribution in [2.24, 2.45) is 4.99 Å². The average molecular weight is 295 g/mol.